The second-order valence-corrected chi connectivity index (χ2v) is 8.81. The highest BCUT2D eigenvalue weighted by Crippen LogP contribution is 2.38. The smallest absolute Gasteiger partial charge is 0.255 e. The van der Waals surface area contributed by atoms with Gasteiger partial charge in [-0.2, -0.15) is 0 Å². The van der Waals surface area contributed by atoms with E-state index < -0.39 is 0 Å². The number of hydrogen-bond acceptors (Lipinski definition) is 4. The molecule has 3 heterocycles. The van der Waals surface area contributed by atoms with Crippen LogP contribution >= 0.6 is 11.3 Å². The number of carbonyl (C=O) groups excluding carboxylic acids is 1. The summed E-state index contributed by atoms with van der Waals surface area (Å²) in [5, 5.41) is 2.12. The fourth-order valence-corrected chi connectivity index (χ4v) is 5.91. The maximum absolute atomic E-state index is 13.1. The number of carbonyl (C=O) groups is 1. The molecule has 2 atom stereocenters. The van der Waals surface area contributed by atoms with Crippen LogP contribution in [0.5, 0.6) is 0 Å². The van der Waals surface area contributed by atoms with E-state index in [2.05, 4.69) is 15.2 Å². The van der Waals surface area contributed by atoms with Crippen LogP contribution < -0.4 is 0 Å². The third kappa shape index (κ3) is 2.61. The summed E-state index contributed by atoms with van der Waals surface area (Å²) in [7, 11) is 0. The molecule has 5 heteroatoms. The number of morpholine rings is 1. The van der Waals surface area contributed by atoms with Crippen molar-refractivity contribution >= 4 is 17.2 Å². The zero-order chi connectivity index (χ0) is 16.1. The van der Waals surface area contributed by atoms with Crippen molar-refractivity contribution in [2.75, 3.05) is 32.8 Å². The minimum Gasteiger partial charge on any atom is -0.378 e. The number of fused-ring (bicyclic) bond motifs is 2. The van der Waals surface area contributed by atoms with Crippen LogP contribution in [0.1, 0.15) is 46.5 Å². The molecular weight excluding hydrogens is 320 g/mol. The minimum atomic E-state index is 0.266. The fourth-order valence-electron chi connectivity index (χ4n) is 4.79. The van der Waals surface area contributed by atoms with E-state index >= 15 is 0 Å². The molecule has 0 unspecified atom stereocenters. The monoisotopic (exact) mass is 346 g/mol. The van der Waals surface area contributed by atoms with Gasteiger partial charge in [0.05, 0.1) is 24.8 Å². The summed E-state index contributed by atoms with van der Waals surface area (Å²) in [5.41, 5.74) is 2.35. The van der Waals surface area contributed by atoms with Gasteiger partial charge >= 0.3 is 0 Å². The number of amides is 1. The zero-order valence-corrected chi connectivity index (χ0v) is 15.0. The number of piperazine rings is 1. The zero-order valence-electron chi connectivity index (χ0n) is 14.2. The van der Waals surface area contributed by atoms with Gasteiger partial charge in [-0.1, -0.05) is 0 Å². The molecule has 24 heavy (non-hydrogen) atoms. The fraction of sp³-hybridized carbons (Fsp3) is 0.737. The van der Waals surface area contributed by atoms with E-state index in [1.54, 1.807) is 11.3 Å². The van der Waals surface area contributed by atoms with Gasteiger partial charge in [-0.25, -0.2) is 0 Å². The molecule has 1 aromatic heterocycles. The van der Waals surface area contributed by atoms with E-state index in [1.807, 2.05) is 0 Å². The first-order chi connectivity index (χ1) is 11.8. The van der Waals surface area contributed by atoms with Crippen molar-refractivity contribution in [1.82, 2.24) is 9.80 Å². The Balaban J connectivity index is 1.32. The molecule has 3 fully saturated rings. The molecule has 4 aliphatic rings. The minimum absolute atomic E-state index is 0.266. The maximum Gasteiger partial charge on any atom is 0.255 e. The average Bonchev–Trinajstić information content (AvgIpc) is 3.39. The van der Waals surface area contributed by atoms with Crippen LogP contribution in [0.2, 0.25) is 0 Å². The Labute approximate surface area is 147 Å². The van der Waals surface area contributed by atoms with Crippen molar-refractivity contribution < 1.29 is 9.53 Å². The van der Waals surface area contributed by atoms with Gasteiger partial charge in [0.2, 0.25) is 0 Å². The maximum atomic E-state index is 13.1. The molecule has 0 bridgehead atoms. The number of thiophene rings is 1. The molecule has 2 aliphatic carbocycles. The molecule has 0 aromatic carbocycles. The molecule has 4 nitrogen and oxygen atoms in total. The summed E-state index contributed by atoms with van der Waals surface area (Å²) in [4.78, 5) is 19.3. The van der Waals surface area contributed by atoms with Gasteiger partial charge in [-0.3, -0.25) is 9.69 Å². The van der Waals surface area contributed by atoms with E-state index in [4.69, 9.17) is 4.74 Å². The van der Waals surface area contributed by atoms with Gasteiger partial charge in [-0.05, 0) is 50.0 Å². The molecule has 0 N–H and O–H groups in total. The Morgan fingerprint density at radius 1 is 1.17 bits per heavy atom. The van der Waals surface area contributed by atoms with E-state index in [0.717, 1.165) is 50.8 Å². The Morgan fingerprint density at radius 3 is 2.92 bits per heavy atom. The molecule has 0 radical (unpaired) electrons. The number of ether oxygens (including phenoxy) is 1. The lowest BCUT2D eigenvalue weighted by Gasteiger charge is -2.48. The molecule has 2 saturated heterocycles. The van der Waals surface area contributed by atoms with Crippen LogP contribution in [-0.4, -0.2) is 60.6 Å². The van der Waals surface area contributed by atoms with Gasteiger partial charge in [0.15, 0.2) is 0 Å². The van der Waals surface area contributed by atoms with E-state index in [1.165, 1.54) is 42.5 Å². The van der Waals surface area contributed by atoms with Crippen LogP contribution in [0.3, 0.4) is 0 Å². The molecule has 1 saturated carbocycles. The summed E-state index contributed by atoms with van der Waals surface area (Å²) < 4.78 is 5.88. The SMILES string of the molecule is O=C(c1csc2c1CCCC2)N1CCN2[C@@H](COC[C@@H]2C2CC2)C1. The predicted molar refractivity (Wildman–Crippen MR) is 94.7 cm³/mol. The third-order valence-corrected chi connectivity index (χ3v) is 7.39. The van der Waals surface area contributed by atoms with Crippen LogP contribution in [-0.2, 0) is 17.6 Å². The molecule has 130 valence electrons. The average molecular weight is 346 g/mol. The van der Waals surface area contributed by atoms with Crippen molar-refractivity contribution in [3.05, 3.63) is 21.4 Å². The Bertz CT molecular complexity index is 639. The summed E-state index contributed by atoms with van der Waals surface area (Å²) >= 11 is 1.80. The van der Waals surface area contributed by atoms with Crippen molar-refractivity contribution in [3.63, 3.8) is 0 Å². The second kappa shape index (κ2) is 6.11. The lowest BCUT2D eigenvalue weighted by molar-refractivity contribution is -0.0816. The van der Waals surface area contributed by atoms with Gasteiger partial charge in [0.1, 0.15) is 0 Å². The van der Waals surface area contributed by atoms with E-state index in [-0.39, 0.29) is 5.91 Å². The van der Waals surface area contributed by atoms with Crippen molar-refractivity contribution in [2.45, 2.75) is 50.6 Å². The molecule has 0 spiro atoms. The molecular formula is C19H26N2O2S. The highest BCUT2D eigenvalue weighted by atomic mass is 32.1. The largest absolute Gasteiger partial charge is 0.378 e. The summed E-state index contributed by atoms with van der Waals surface area (Å²) in [6.45, 7) is 4.42. The highest BCUT2D eigenvalue weighted by molar-refractivity contribution is 7.10. The van der Waals surface area contributed by atoms with Gasteiger partial charge in [0.25, 0.3) is 5.91 Å². The molecule has 1 aromatic rings. The second-order valence-electron chi connectivity index (χ2n) is 7.84. The predicted octanol–water partition coefficient (Wildman–Crippen LogP) is 2.56. The van der Waals surface area contributed by atoms with E-state index in [0.29, 0.717) is 12.1 Å². The Morgan fingerprint density at radius 2 is 2.04 bits per heavy atom. The molecule has 5 rings (SSSR count). The first kappa shape index (κ1) is 15.4. The van der Waals surface area contributed by atoms with Crippen LogP contribution in [0, 0.1) is 5.92 Å². The normalized spacial score (nSPS) is 30.8. The Kier molecular flexibility index (Phi) is 3.91. The number of nitrogens with zero attached hydrogens (tertiary/aromatic N) is 2. The van der Waals surface area contributed by atoms with Crippen molar-refractivity contribution in [1.29, 1.82) is 0 Å². The van der Waals surface area contributed by atoms with Gasteiger partial charge in [0, 0.05) is 35.9 Å². The van der Waals surface area contributed by atoms with Gasteiger partial charge < -0.3 is 9.64 Å². The first-order valence-electron chi connectivity index (χ1n) is 9.53. The number of aryl methyl sites for hydroxylation is 1. The van der Waals surface area contributed by atoms with E-state index in [9.17, 15) is 4.79 Å². The highest BCUT2D eigenvalue weighted by Gasteiger charge is 2.43. The molecule has 2 aliphatic heterocycles. The Hall–Kier alpha value is -0.910. The van der Waals surface area contributed by atoms with Crippen LogP contribution in [0.25, 0.3) is 0 Å². The number of rotatable bonds is 2. The van der Waals surface area contributed by atoms with Gasteiger partial charge in [-0.15, -0.1) is 11.3 Å². The third-order valence-electron chi connectivity index (χ3n) is 6.30. The van der Waals surface area contributed by atoms with Crippen LogP contribution in [0.4, 0.5) is 0 Å². The van der Waals surface area contributed by atoms with Crippen LogP contribution in [0.15, 0.2) is 5.38 Å². The number of hydrogen-bond donors (Lipinski definition) is 0. The molecule has 1 amide bonds. The summed E-state index contributed by atoms with van der Waals surface area (Å²) in [6, 6.07) is 1.01. The lowest BCUT2D eigenvalue weighted by atomic mass is 9.95. The summed E-state index contributed by atoms with van der Waals surface area (Å²) in [6.07, 6.45) is 7.50. The first-order valence-corrected chi connectivity index (χ1v) is 10.4. The standard InChI is InChI=1S/C19H26N2O2S/c22-19(16-12-24-18-4-2-1-3-15(16)18)20-7-8-21-14(9-20)10-23-11-17(21)13-5-6-13/h12-14,17H,1-11H2/t14-,17-/m1/s1. The summed E-state index contributed by atoms with van der Waals surface area (Å²) in [5.74, 6) is 1.11. The topological polar surface area (TPSA) is 32.8 Å². The van der Waals surface area contributed by atoms with Crippen molar-refractivity contribution in [2.24, 2.45) is 5.92 Å². The quantitative estimate of drug-likeness (QED) is 0.825. The lowest BCUT2D eigenvalue weighted by Crippen LogP contribution is -2.63. The van der Waals surface area contributed by atoms with Crippen molar-refractivity contribution in [3.8, 4) is 0 Å².